The van der Waals surface area contributed by atoms with Crippen LogP contribution in [-0.4, -0.2) is 42.5 Å². The van der Waals surface area contributed by atoms with E-state index in [1.807, 2.05) is 37.3 Å². The molecule has 0 radical (unpaired) electrons. The van der Waals surface area contributed by atoms with Crippen LogP contribution in [0.2, 0.25) is 0 Å². The van der Waals surface area contributed by atoms with Gasteiger partial charge in [-0.05, 0) is 82.5 Å². The first-order valence-corrected chi connectivity index (χ1v) is 10.5. The zero-order chi connectivity index (χ0) is 19.7. The van der Waals surface area contributed by atoms with Crippen molar-refractivity contribution in [3.63, 3.8) is 0 Å². The minimum Gasteiger partial charge on any atom is -0.370 e. The largest absolute Gasteiger partial charge is 0.370 e. The van der Waals surface area contributed by atoms with Crippen molar-refractivity contribution in [2.24, 2.45) is 0 Å². The van der Waals surface area contributed by atoms with Gasteiger partial charge in [-0.1, -0.05) is 17.7 Å². The van der Waals surface area contributed by atoms with Crippen LogP contribution in [0.25, 0.3) is 0 Å². The molecule has 0 spiro atoms. The SMILES string of the molecule is Cc1cccc(C(=O)Nc2ccc(N3CCC(N4CCCC4C)C3)c(C)c2)c1. The Kier molecular flexibility index (Phi) is 5.40. The fourth-order valence-electron chi connectivity index (χ4n) is 4.81. The average Bonchev–Trinajstić information content (AvgIpc) is 3.30. The number of aryl methyl sites for hydroxylation is 2. The van der Waals surface area contributed by atoms with E-state index in [9.17, 15) is 4.79 Å². The molecule has 2 unspecified atom stereocenters. The number of hydrogen-bond donors (Lipinski definition) is 1. The summed E-state index contributed by atoms with van der Waals surface area (Å²) in [6.07, 6.45) is 3.92. The third-order valence-corrected chi connectivity index (χ3v) is 6.31. The highest BCUT2D eigenvalue weighted by Gasteiger charge is 2.33. The molecule has 0 aliphatic carbocycles. The number of hydrogen-bond acceptors (Lipinski definition) is 3. The molecule has 28 heavy (non-hydrogen) atoms. The van der Waals surface area contributed by atoms with Crippen molar-refractivity contribution in [3.8, 4) is 0 Å². The summed E-state index contributed by atoms with van der Waals surface area (Å²) in [5.41, 5.74) is 5.16. The van der Waals surface area contributed by atoms with Gasteiger partial charge in [-0.15, -0.1) is 0 Å². The molecule has 4 nitrogen and oxygen atoms in total. The number of carbonyl (C=O) groups is 1. The first kappa shape index (κ1) is 19.0. The second-order valence-corrected chi connectivity index (χ2v) is 8.44. The highest BCUT2D eigenvalue weighted by atomic mass is 16.1. The van der Waals surface area contributed by atoms with Crippen LogP contribution >= 0.6 is 0 Å². The highest BCUT2D eigenvalue weighted by Crippen LogP contribution is 2.31. The Balaban J connectivity index is 1.43. The van der Waals surface area contributed by atoms with Gasteiger partial charge in [0.2, 0.25) is 0 Å². The molecule has 1 amide bonds. The van der Waals surface area contributed by atoms with Crippen molar-refractivity contribution >= 4 is 17.3 Å². The van der Waals surface area contributed by atoms with Gasteiger partial charge in [-0.25, -0.2) is 0 Å². The number of amides is 1. The number of carbonyl (C=O) groups excluding carboxylic acids is 1. The summed E-state index contributed by atoms with van der Waals surface area (Å²) in [5.74, 6) is -0.0555. The van der Waals surface area contributed by atoms with E-state index in [1.165, 1.54) is 37.1 Å². The van der Waals surface area contributed by atoms with E-state index in [1.54, 1.807) is 0 Å². The summed E-state index contributed by atoms with van der Waals surface area (Å²) in [4.78, 5) is 17.7. The Bertz CT molecular complexity index is 863. The number of anilines is 2. The molecule has 2 aliphatic heterocycles. The predicted octanol–water partition coefficient (Wildman–Crippen LogP) is 4.62. The van der Waals surface area contributed by atoms with Gasteiger partial charge in [-0.3, -0.25) is 9.69 Å². The molecule has 4 rings (SSSR count). The Morgan fingerprint density at radius 1 is 1.07 bits per heavy atom. The molecular formula is C24H31N3O. The third kappa shape index (κ3) is 3.93. The van der Waals surface area contributed by atoms with Crippen LogP contribution in [0, 0.1) is 13.8 Å². The fraction of sp³-hybridized carbons (Fsp3) is 0.458. The lowest BCUT2D eigenvalue weighted by atomic mass is 10.1. The second kappa shape index (κ2) is 7.96. The Hall–Kier alpha value is -2.33. The Morgan fingerprint density at radius 2 is 1.93 bits per heavy atom. The van der Waals surface area contributed by atoms with Crippen LogP contribution < -0.4 is 10.2 Å². The number of benzene rings is 2. The van der Waals surface area contributed by atoms with Crippen molar-refractivity contribution in [1.29, 1.82) is 0 Å². The van der Waals surface area contributed by atoms with Crippen molar-refractivity contribution < 1.29 is 4.79 Å². The van der Waals surface area contributed by atoms with Crippen molar-refractivity contribution in [3.05, 3.63) is 59.2 Å². The molecule has 1 N–H and O–H groups in total. The number of nitrogens with zero attached hydrogens (tertiary/aromatic N) is 2. The molecule has 0 aromatic heterocycles. The molecule has 0 saturated carbocycles. The molecule has 2 aromatic rings. The number of rotatable bonds is 4. The van der Waals surface area contributed by atoms with Gasteiger partial charge in [0.15, 0.2) is 0 Å². The third-order valence-electron chi connectivity index (χ3n) is 6.31. The monoisotopic (exact) mass is 377 g/mol. The van der Waals surface area contributed by atoms with E-state index in [2.05, 4.69) is 41.1 Å². The van der Waals surface area contributed by atoms with Crippen molar-refractivity contribution in [2.75, 3.05) is 29.9 Å². The number of nitrogens with one attached hydrogen (secondary N) is 1. The van der Waals surface area contributed by atoms with Crippen LogP contribution in [0.15, 0.2) is 42.5 Å². The van der Waals surface area contributed by atoms with E-state index >= 15 is 0 Å². The standard InChI is InChI=1S/C24H31N3O/c1-17-6-4-8-20(14-17)24(28)25-21-9-10-23(18(2)15-21)26-13-11-22(16-26)27-12-5-7-19(27)3/h4,6,8-10,14-15,19,22H,5,7,11-13,16H2,1-3H3,(H,25,28). The predicted molar refractivity (Wildman–Crippen MR) is 116 cm³/mol. The van der Waals surface area contributed by atoms with E-state index < -0.39 is 0 Å². The molecule has 0 bridgehead atoms. The zero-order valence-electron chi connectivity index (χ0n) is 17.2. The zero-order valence-corrected chi connectivity index (χ0v) is 17.2. The normalized spacial score (nSPS) is 22.6. The summed E-state index contributed by atoms with van der Waals surface area (Å²) >= 11 is 0. The van der Waals surface area contributed by atoms with Gasteiger partial charge in [-0.2, -0.15) is 0 Å². The Morgan fingerprint density at radius 3 is 2.64 bits per heavy atom. The summed E-state index contributed by atoms with van der Waals surface area (Å²) in [7, 11) is 0. The molecule has 2 aromatic carbocycles. The maximum absolute atomic E-state index is 12.5. The first-order chi connectivity index (χ1) is 13.5. The van der Waals surface area contributed by atoms with Crippen LogP contribution in [0.1, 0.15) is 47.7 Å². The lowest BCUT2D eigenvalue weighted by Crippen LogP contribution is -2.39. The van der Waals surface area contributed by atoms with Crippen LogP contribution in [0.3, 0.4) is 0 Å². The second-order valence-electron chi connectivity index (χ2n) is 8.44. The quantitative estimate of drug-likeness (QED) is 0.844. The lowest BCUT2D eigenvalue weighted by molar-refractivity contribution is 0.102. The van der Waals surface area contributed by atoms with Gasteiger partial charge in [0.05, 0.1) is 0 Å². The maximum Gasteiger partial charge on any atom is 0.255 e. The van der Waals surface area contributed by atoms with E-state index in [-0.39, 0.29) is 5.91 Å². The smallest absolute Gasteiger partial charge is 0.255 e. The lowest BCUT2D eigenvalue weighted by Gasteiger charge is -2.29. The topological polar surface area (TPSA) is 35.6 Å². The molecule has 2 atom stereocenters. The summed E-state index contributed by atoms with van der Waals surface area (Å²) < 4.78 is 0. The van der Waals surface area contributed by atoms with Crippen LogP contribution in [0.5, 0.6) is 0 Å². The molecule has 4 heteroatoms. The van der Waals surface area contributed by atoms with Gasteiger partial charge < -0.3 is 10.2 Å². The molecular weight excluding hydrogens is 346 g/mol. The van der Waals surface area contributed by atoms with E-state index in [0.717, 1.165) is 30.4 Å². The van der Waals surface area contributed by atoms with E-state index in [4.69, 9.17) is 0 Å². The molecule has 2 saturated heterocycles. The van der Waals surface area contributed by atoms with Crippen LogP contribution in [-0.2, 0) is 0 Å². The Labute approximate surface area is 168 Å². The minimum absolute atomic E-state index is 0.0555. The molecule has 2 aliphatic rings. The van der Waals surface area contributed by atoms with E-state index in [0.29, 0.717) is 11.6 Å². The summed E-state index contributed by atoms with van der Waals surface area (Å²) in [6, 6.07) is 15.4. The van der Waals surface area contributed by atoms with Gasteiger partial charge in [0.1, 0.15) is 0 Å². The molecule has 148 valence electrons. The minimum atomic E-state index is -0.0555. The summed E-state index contributed by atoms with van der Waals surface area (Å²) in [5, 5.41) is 3.04. The average molecular weight is 378 g/mol. The highest BCUT2D eigenvalue weighted by molar-refractivity contribution is 6.04. The van der Waals surface area contributed by atoms with Gasteiger partial charge in [0, 0.05) is 42.1 Å². The van der Waals surface area contributed by atoms with Gasteiger partial charge >= 0.3 is 0 Å². The molecule has 2 heterocycles. The maximum atomic E-state index is 12.5. The fourth-order valence-corrected chi connectivity index (χ4v) is 4.81. The van der Waals surface area contributed by atoms with Crippen molar-refractivity contribution in [2.45, 2.75) is 52.1 Å². The van der Waals surface area contributed by atoms with Crippen molar-refractivity contribution in [1.82, 2.24) is 4.90 Å². The number of likely N-dealkylation sites (tertiary alicyclic amines) is 1. The van der Waals surface area contributed by atoms with Gasteiger partial charge in [0.25, 0.3) is 5.91 Å². The molecule has 2 fully saturated rings. The van der Waals surface area contributed by atoms with Crippen LogP contribution in [0.4, 0.5) is 11.4 Å². The summed E-state index contributed by atoms with van der Waals surface area (Å²) in [6.45, 7) is 9.99. The first-order valence-electron chi connectivity index (χ1n) is 10.5.